The van der Waals surface area contributed by atoms with Crippen molar-refractivity contribution >= 4 is 11.6 Å². The quantitative estimate of drug-likeness (QED) is 0.774. The van der Waals surface area contributed by atoms with Gasteiger partial charge >= 0.3 is 0 Å². The maximum atomic E-state index is 13.3. The molecular formula is C14H19FN2O2. The molecule has 1 fully saturated rings. The molecule has 3 N–H and O–H groups in total. The minimum Gasteiger partial charge on any atom is -0.396 e. The summed E-state index contributed by atoms with van der Waals surface area (Å²) in [5.41, 5.74) is 5.82. The van der Waals surface area contributed by atoms with Gasteiger partial charge in [-0.3, -0.25) is 4.79 Å². The number of nitrogens with one attached hydrogen (secondary N) is 1. The number of ether oxygens (including phenoxy) is 1. The van der Waals surface area contributed by atoms with Crippen molar-refractivity contribution in [1.29, 1.82) is 0 Å². The molecule has 1 saturated carbocycles. The predicted molar refractivity (Wildman–Crippen MR) is 71.3 cm³/mol. The summed E-state index contributed by atoms with van der Waals surface area (Å²) < 4.78 is 18.3. The maximum absolute atomic E-state index is 13.3. The molecule has 0 unspecified atom stereocenters. The summed E-state index contributed by atoms with van der Waals surface area (Å²) in [7, 11) is 1.67. The summed E-state index contributed by atoms with van der Waals surface area (Å²) in [6.45, 7) is 1.28. The number of rotatable bonds is 6. The van der Waals surface area contributed by atoms with Gasteiger partial charge in [0.05, 0.1) is 11.3 Å². The molecule has 104 valence electrons. The van der Waals surface area contributed by atoms with Crippen molar-refractivity contribution in [2.75, 3.05) is 26.0 Å². The van der Waals surface area contributed by atoms with Gasteiger partial charge in [0.1, 0.15) is 5.82 Å². The average Bonchev–Trinajstić information content (AvgIpc) is 3.17. The zero-order valence-corrected chi connectivity index (χ0v) is 11.0. The summed E-state index contributed by atoms with van der Waals surface area (Å²) in [6, 6.07) is 4.26. The summed E-state index contributed by atoms with van der Waals surface area (Å²) in [4.78, 5) is 12.0. The standard InChI is InChI=1S/C14H19FN2O2/c1-19-8-7-14(5-6-14)9-17-13(18)10-3-2-4-11(15)12(10)16/h2-4H,5-9,16H2,1H3,(H,17,18). The number of anilines is 1. The molecule has 0 saturated heterocycles. The number of halogens is 1. The highest BCUT2D eigenvalue weighted by atomic mass is 19.1. The highest BCUT2D eigenvalue weighted by molar-refractivity contribution is 5.99. The van der Waals surface area contributed by atoms with Crippen LogP contribution in [0.25, 0.3) is 0 Å². The van der Waals surface area contributed by atoms with E-state index >= 15 is 0 Å². The predicted octanol–water partition coefficient (Wildman–Crippen LogP) is 1.95. The summed E-state index contributed by atoms with van der Waals surface area (Å²) >= 11 is 0. The van der Waals surface area contributed by atoms with Crippen molar-refractivity contribution in [1.82, 2.24) is 5.32 Å². The smallest absolute Gasteiger partial charge is 0.253 e. The molecular weight excluding hydrogens is 247 g/mol. The zero-order valence-electron chi connectivity index (χ0n) is 11.0. The molecule has 0 aromatic heterocycles. The van der Waals surface area contributed by atoms with Crippen molar-refractivity contribution in [2.45, 2.75) is 19.3 Å². The number of nitrogens with two attached hydrogens (primary N) is 1. The molecule has 0 heterocycles. The van der Waals surface area contributed by atoms with Crippen LogP contribution in [0.1, 0.15) is 29.6 Å². The fourth-order valence-corrected chi connectivity index (χ4v) is 2.11. The largest absolute Gasteiger partial charge is 0.396 e. The fourth-order valence-electron chi connectivity index (χ4n) is 2.11. The normalized spacial score (nSPS) is 16.1. The summed E-state index contributed by atoms with van der Waals surface area (Å²) in [6.07, 6.45) is 3.12. The second kappa shape index (κ2) is 5.57. The number of methoxy groups -OCH3 is 1. The lowest BCUT2D eigenvalue weighted by Gasteiger charge is -2.16. The van der Waals surface area contributed by atoms with Crippen molar-refractivity contribution in [3.05, 3.63) is 29.6 Å². The number of amides is 1. The second-order valence-corrected chi connectivity index (χ2v) is 5.13. The molecule has 5 heteroatoms. The molecule has 0 spiro atoms. The van der Waals surface area contributed by atoms with Gasteiger partial charge in [-0.15, -0.1) is 0 Å². The Hall–Kier alpha value is -1.62. The Morgan fingerprint density at radius 1 is 1.53 bits per heavy atom. The third kappa shape index (κ3) is 3.23. The van der Waals surface area contributed by atoms with Crippen LogP contribution in [0.15, 0.2) is 18.2 Å². The average molecular weight is 266 g/mol. The van der Waals surface area contributed by atoms with E-state index in [1.165, 1.54) is 18.2 Å². The molecule has 1 amide bonds. The van der Waals surface area contributed by atoms with E-state index in [1.54, 1.807) is 7.11 Å². The minimum absolute atomic E-state index is 0.0956. The lowest BCUT2D eigenvalue weighted by atomic mass is 10.0. The van der Waals surface area contributed by atoms with E-state index in [0.717, 1.165) is 19.3 Å². The van der Waals surface area contributed by atoms with E-state index in [4.69, 9.17) is 10.5 Å². The van der Waals surface area contributed by atoms with Gasteiger partial charge in [-0.1, -0.05) is 6.07 Å². The van der Waals surface area contributed by atoms with Gasteiger partial charge in [-0.25, -0.2) is 4.39 Å². The third-order valence-corrected chi connectivity index (χ3v) is 3.72. The van der Waals surface area contributed by atoms with Crippen LogP contribution in [0.4, 0.5) is 10.1 Å². The maximum Gasteiger partial charge on any atom is 0.253 e. The topological polar surface area (TPSA) is 64.3 Å². The van der Waals surface area contributed by atoms with E-state index in [-0.39, 0.29) is 22.6 Å². The number of para-hydroxylation sites is 1. The number of hydrogen-bond acceptors (Lipinski definition) is 3. The van der Waals surface area contributed by atoms with Crippen molar-refractivity contribution in [3.8, 4) is 0 Å². The third-order valence-electron chi connectivity index (χ3n) is 3.72. The van der Waals surface area contributed by atoms with Crippen LogP contribution in [0.2, 0.25) is 0 Å². The summed E-state index contributed by atoms with van der Waals surface area (Å²) in [5, 5.41) is 2.84. The Kier molecular flexibility index (Phi) is 4.04. The number of benzene rings is 1. The van der Waals surface area contributed by atoms with E-state index in [9.17, 15) is 9.18 Å². The molecule has 0 bridgehead atoms. The van der Waals surface area contributed by atoms with Crippen molar-refractivity contribution in [3.63, 3.8) is 0 Å². The SMILES string of the molecule is COCCC1(CNC(=O)c2cccc(F)c2N)CC1. The fraction of sp³-hybridized carbons (Fsp3) is 0.500. The van der Waals surface area contributed by atoms with Gasteiger partial charge in [-0.2, -0.15) is 0 Å². The van der Waals surface area contributed by atoms with E-state index in [1.807, 2.05) is 0 Å². The van der Waals surface area contributed by atoms with E-state index < -0.39 is 5.82 Å². The molecule has 1 aliphatic rings. The van der Waals surface area contributed by atoms with Gasteiger partial charge in [-0.05, 0) is 36.8 Å². The van der Waals surface area contributed by atoms with Crippen LogP contribution in [-0.2, 0) is 4.74 Å². The van der Waals surface area contributed by atoms with Crippen LogP contribution < -0.4 is 11.1 Å². The molecule has 2 rings (SSSR count). The van der Waals surface area contributed by atoms with Crippen molar-refractivity contribution in [2.24, 2.45) is 5.41 Å². The Morgan fingerprint density at radius 3 is 2.89 bits per heavy atom. The van der Waals surface area contributed by atoms with Gasteiger partial charge in [0.25, 0.3) is 5.91 Å². The van der Waals surface area contributed by atoms with Crippen LogP contribution in [0.3, 0.4) is 0 Å². The van der Waals surface area contributed by atoms with Crippen molar-refractivity contribution < 1.29 is 13.9 Å². The van der Waals surface area contributed by atoms with Crippen LogP contribution in [0, 0.1) is 11.2 Å². The number of carbonyl (C=O) groups excluding carboxylic acids is 1. The van der Waals surface area contributed by atoms with Gasteiger partial charge in [0, 0.05) is 20.3 Å². The zero-order chi connectivity index (χ0) is 13.9. The van der Waals surface area contributed by atoms with Crippen LogP contribution >= 0.6 is 0 Å². The molecule has 19 heavy (non-hydrogen) atoms. The Balaban J connectivity index is 1.93. The minimum atomic E-state index is -0.562. The lowest BCUT2D eigenvalue weighted by Crippen LogP contribution is -2.31. The number of hydrogen-bond donors (Lipinski definition) is 2. The number of carbonyl (C=O) groups is 1. The second-order valence-electron chi connectivity index (χ2n) is 5.13. The monoisotopic (exact) mass is 266 g/mol. The first-order chi connectivity index (χ1) is 9.08. The molecule has 0 radical (unpaired) electrons. The van der Waals surface area contributed by atoms with Crippen LogP contribution in [-0.4, -0.2) is 26.2 Å². The molecule has 0 atom stereocenters. The van der Waals surface area contributed by atoms with E-state index in [2.05, 4.69) is 5.32 Å². The first-order valence-corrected chi connectivity index (χ1v) is 6.39. The first kappa shape index (κ1) is 13.8. The Morgan fingerprint density at radius 2 is 2.26 bits per heavy atom. The Bertz CT molecular complexity index is 473. The summed E-state index contributed by atoms with van der Waals surface area (Å²) in [5.74, 6) is -0.881. The Labute approximate surface area is 112 Å². The van der Waals surface area contributed by atoms with Crippen LogP contribution in [0.5, 0.6) is 0 Å². The molecule has 0 aliphatic heterocycles. The van der Waals surface area contributed by atoms with E-state index in [0.29, 0.717) is 13.2 Å². The molecule has 1 aliphatic carbocycles. The highest BCUT2D eigenvalue weighted by Gasteiger charge is 2.42. The lowest BCUT2D eigenvalue weighted by molar-refractivity contribution is 0.0938. The molecule has 4 nitrogen and oxygen atoms in total. The van der Waals surface area contributed by atoms with Gasteiger partial charge in [0.2, 0.25) is 0 Å². The highest BCUT2D eigenvalue weighted by Crippen LogP contribution is 2.48. The first-order valence-electron chi connectivity index (χ1n) is 6.39. The molecule has 1 aromatic rings. The van der Waals surface area contributed by atoms with Gasteiger partial charge < -0.3 is 15.8 Å². The van der Waals surface area contributed by atoms with Gasteiger partial charge in [0.15, 0.2) is 0 Å². The molecule has 1 aromatic carbocycles. The number of nitrogen functional groups attached to an aromatic ring is 1.